The Balaban J connectivity index is 2.14. The minimum Gasteiger partial charge on any atom is -0.305 e. The summed E-state index contributed by atoms with van der Waals surface area (Å²) < 4.78 is 0. The topological polar surface area (TPSA) is 9.72 Å². The Labute approximate surface area is 108 Å². The van der Waals surface area contributed by atoms with Gasteiger partial charge in [0.15, 0.2) is 0 Å². The van der Waals surface area contributed by atoms with Crippen LogP contribution in [0.25, 0.3) is 0 Å². The lowest BCUT2D eigenvalue weighted by molar-refractivity contribution is 0.100. The Bertz CT molecular complexity index is 196. The van der Waals surface area contributed by atoms with Crippen molar-refractivity contribution in [2.45, 2.75) is 33.7 Å². The van der Waals surface area contributed by atoms with Crippen molar-refractivity contribution in [1.29, 1.82) is 0 Å². The van der Waals surface area contributed by atoms with Crippen LogP contribution < -0.4 is 0 Å². The maximum absolute atomic E-state index is 2.61. The fraction of sp³-hybridized carbons (Fsp3) is 1.00. The highest BCUT2D eigenvalue weighted by Crippen LogP contribution is 2.05. The van der Waals surface area contributed by atoms with E-state index in [9.17, 15) is 0 Å². The first kappa shape index (κ1) is 14.9. The summed E-state index contributed by atoms with van der Waals surface area (Å²) in [5, 5.41) is 0. The van der Waals surface area contributed by atoms with Crippen molar-refractivity contribution < 1.29 is 0 Å². The van der Waals surface area contributed by atoms with E-state index in [0.29, 0.717) is 6.04 Å². The van der Waals surface area contributed by atoms with Crippen LogP contribution >= 0.6 is 0 Å². The van der Waals surface area contributed by atoms with Gasteiger partial charge in [0.25, 0.3) is 0 Å². The number of nitrogens with zero attached hydrogens (tertiary/aromatic N) is 3. The van der Waals surface area contributed by atoms with Gasteiger partial charge in [-0.3, -0.25) is 9.80 Å². The first-order valence-corrected chi connectivity index (χ1v) is 7.14. The number of rotatable bonds is 6. The lowest BCUT2D eigenvalue weighted by Crippen LogP contribution is -2.50. The van der Waals surface area contributed by atoms with Crippen LogP contribution in [-0.2, 0) is 0 Å². The Kier molecular flexibility index (Phi) is 6.45. The molecule has 1 saturated heterocycles. The van der Waals surface area contributed by atoms with Crippen LogP contribution in [-0.4, -0.2) is 73.6 Å². The standard InChI is InChI=1S/C14H31N3/c1-13(2)12-15(5)6-7-16-8-10-17(11-9-16)14(3)4/h13-14H,6-12H2,1-5H3. The summed E-state index contributed by atoms with van der Waals surface area (Å²) in [5.74, 6) is 0.776. The third kappa shape index (κ3) is 5.84. The Morgan fingerprint density at radius 3 is 2.06 bits per heavy atom. The molecule has 0 unspecified atom stereocenters. The number of piperazine rings is 1. The van der Waals surface area contributed by atoms with Gasteiger partial charge in [-0.1, -0.05) is 13.8 Å². The SMILES string of the molecule is CC(C)CN(C)CCN1CCN(C(C)C)CC1. The fourth-order valence-corrected chi connectivity index (χ4v) is 2.53. The number of likely N-dealkylation sites (N-methyl/N-ethyl adjacent to an activating group) is 1. The third-order valence-corrected chi connectivity index (χ3v) is 3.61. The molecule has 0 saturated carbocycles. The molecule has 1 fully saturated rings. The summed E-state index contributed by atoms with van der Waals surface area (Å²) in [6.45, 7) is 17.8. The average molecular weight is 241 g/mol. The molecule has 0 spiro atoms. The average Bonchev–Trinajstić information content (AvgIpc) is 2.26. The molecular weight excluding hydrogens is 210 g/mol. The summed E-state index contributed by atoms with van der Waals surface area (Å²) in [4.78, 5) is 7.64. The highest BCUT2D eigenvalue weighted by atomic mass is 15.3. The van der Waals surface area contributed by atoms with Crippen LogP contribution in [0.1, 0.15) is 27.7 Å². The monoisotopic (exact) mass is 241 g/mol. The van der Waals surface area contributed by atoms with Crippen molar-refractivity contribution >= 4 is 0 Å². The van der Waals surface area contributed by atoms with E-state index in [1.165, 1.54) is 45.8 Å². The van der Waals surface area contributed by atoms with Crippen LogP contribution in [0.3, 0.4) is 0 Å². The molecule has 0 atom stereocenters. The van der Waals surface area contributed by atoms with E-state index < -0.39 is 0 Å². The fourth-order valence-electron chi connectivity index (χ4n) is 2.53. The van der Waals surface area contributed by atoms with E-state index >= 15 is 0 Å². The maximum atomic E-state index is 2.61. The molecule has 102 valence electrons. The second-order valence-electron chi connectivity index (χ2n) is 6.13. The molecule has 3 heteroatoms. The van der Waals surface area contributed by atoms with Gasteiger partial charge in [-0.05, 0) is 26.8 Å². The van der Waals surface area contributed by atoms with E-state index in [1.54, 1.807) is 0 Å². The van der Waals surface area contributed by atoms with Crippen LogP contribution in [0.15, 0.2) is 0 Å². The van der Waals surface area contributed by atoms with Gasteiger partial charge >= 0.3 is 0 Å². The first-order valence-electron chi connectivity index (χ1n) is 7.14. The minimum absolute atomic E-state index is 0.709. The molecule has 1 aliphatic rings. The maximum Gasteiger partial charge on any atom is 0.0113 e. The predicted molar refractivity (Wildman–Crippen MR) is 75.5 cm³/mol. The molecule has 1 rings (SSSR count). The zero-order valence-corrected chi connectivity index (χ0v) is 12.4. The van der Waals surface area contributed by atoms with Gasteiger partial charge in [-0.2, -0.15) is 0 Å². The molecule has 0 radical (unpaired) electrons. The van der Waals surface area contributed by atoms with Crippen molar-refractivity contribution in [3.63, 3.8) is 0 Å². The lowest BCUT2D eigenvalue weighted by Gasteiger charge is -2.37. The van der Waals surface area contributed by atoms with Gasteiger partial charge in [0.1, 0.15) is 0 Å². The van der Waals surface area contributed by atoms with Gasteiger partial charge in [0.05, 0.1) is 0 Å². The molecular formula is C14H31N3. The molecule has 0 aromatic carbocycles. The zero-order valence-electron chi connectivity index (χ0n) is 12.4. The van der Waals surface area contributed by atoms with Crippen LogP contribution in [0.4, 0.5) is 0 Å². The van der Waals surface area contributed by atoms with Crippen molar-refractivity contribution in [2.24, 2.45) is 5.92 Å². The number of hydrogen-bond acceptors (Lipinski definition) is 3. The van der Waals surface area contributed by atoms with Gasteiger partial charge in [-0.15, -0.1) is 0 Å². The Morgan fingerprint density at radius 2 is 1.59 bits per heavy atom. The molecule has 1 heterocycles. The van der Waals surface area contributed by atoms with E-state index in [4.69, 9.17) is 0 Å². The largest absolute Gasteiger partial charge is 0.305 e. The van der Waals surface area contributed by atoms with Crippen LogP contribution in [0.2, 0.25) is 0 Å². The van der Waals surface area contributed by atoms with Crippen LogP contribution in [0, 0.1) is 5.92 Å². The smallest absolute Gasteiger partial charge is 0.0113 e. The molecule has 0 bridgehead atoms. The zero-order chi connectivity index (χ0) is 12.8. The second kappa shape index (κ2) is 7.34. The third-order valence-electron chi connectivity index (χ3n) is 3.61. The molecule has 0 aromatic rings. The molecule has 0 aliphatic carbocycles. The van der Waals surface area contributed by atoms with E-state index in [0.717, 1.165) is 5.92 Å². The van der Waals surface area contributed by atoms with E-state index in [-0.39, 0.29) is 0 Å². The van der Waals surface area contributed by atoms with Crippen LogP contribution in [0.5, 0.6) is 0 Å². The van der Waals surface area contributed by atoms with Gasteiger partial charge in [-0.25, -0.2) is 0 Å². The summed E-state index contributed by atoms with van der Waals surface area (Å²) >= 11 is 0. The van der Waals surface area contributed by atoms with Crippen molar-refractivity contribution in [3.8, 4) is 0 Å². The number of hydrogen-bond donors (Lipinski definition) is 0. The highest BCUT2D eigenvalue weighted by molar-refractivity contribution is 4.74. The summed E-state index contributed by atoms with van der Waals surface area (Å²) in [7, 11) is 2.24. The molecule has 0 aromatic heterocycles. The van der Waals surface area contributed by atoms with Gasteiger partial charge in [0, 0.05) is 51.9 Å². The van der Waals surface area contributed by atoms with E-state index in [2.05, 4.69) is 49.4 Å². The summed E-state index contributed by atoms with van der Waals surface area (Å²) in [6.07, 6.45) is 0. The normalized spacial score (nSPS) is 19.8. The summed E-state index contributed by atoms with van der Waals surface area (Å²) in [6, 6.07) is 0.709. The Morgan fingerprint density at radius 1 is 1.00 bits per heavy atom. The van der Waals surface area contributed by atoms with E-state index in [1.807, 2.05) is 0 Å². The first-order chi connectivity index (χ1) is 7.99. The second-order valence-corrected chi connectivity index (χ2v) is 6.13. The highest BCUT2D eigenvalue weighted by Gasteiger charge is 2.18. The molecule has 0 amide bonds. The van der Waals surface area contributed by atoms with Gasteiger partial charge < -0.3 is 4.90 Å². The van der Waals surface area contributed by atoms with Crippen molar-refractivity contribution in [1.82, 2.24) is 14.7 Å². The summed E-state index contributed by atoms with van der Waals surface area (Å²) in [5.41, 5.74) is 0. The molecule has 3 nitrogen and oxygen atoms in total. The quantitative estimate of drug-likeness (QED) is 0.699. The lowest BCUT2D eigenvalue weighted by atomic mass is 10.2. The molecule has 0 N–H and O–H groups in total. The molecule has 17 heavy (non-hydrogen) atoms. The van der Waals surface area contributed by atoms with Gasteiger partial charge in [0.2, 0.25) is 0 Å². The predicted octanol–water partition coefficient (Wildman–Crippen LogP) is 1.60. The Hall–Kier alpha value is -0.120. The minimum atomic E-state index is 0.709. The van der Waals surface area contributed by atoms with Crippen molar-refractivity contribution in [3.05, 3.63) is 0 Å². The molecule has 1 aliphatic heterocycles. The van der Waals surface area contributed by atoms with Crippen molar-refractivity contribution in [2.75, 3.05) is 52.9 Å².